The minimum atomic E-state index is -0.0336. The van der Waals surface area contributed by atoms with Crippen LogP contribution in [0.1, 0.15) is 73.6 Å². The normalized spacial score (nSPS) is 30.6. The van der Waals surface area contributed by atoms with Crippen molar-refractivity contribution in [2.24, 2.45) is 17.3 Å². The van der Waals surface area contributed by atoms with Crippen molar-refractivity contribution in [3.8, 4) is 0 Å². The van der Waals surface area contributed by atoms with Gasteiger partial charge in [0, 0.05) is 0 Å². The molecule has 1 N–H and O–H groups in total. The second-order valence-electron chi connectivity index (χ2n) is 6.32. The number of hydrogen-bond acceptors (Lipinski definition) is 1. The Morgan fingerprint density at radius 2 is 1.69 bits per heavy atom. The number of aliphatic hydroxyl groups is 1. The third kappa shape index (κ3) is 6.52. The summed E-state index contributed by atoms with van der Waals surface area (Å²) in [4.78, 5) is 0. The van der Waals surface area contributed by atoms with E-state index in [9.17, 15) is 5.11 Å². The highest BCUT2D eigenvalue weighted by molar-refractivity contribution is 4.78. The van der Waals surface area contributed by atoms with E-state index in [1.807, 2.05) is 13.8 Å². The molecule has 0 amide bonds. The van der Waals surface area contributed by atoms with Crippen LogP contribution < -0.4 is 0 Å². The summed E-state index contributed by atoms with van der Waals surface area (Å²) in [6.07, 6.45) is 6.14. The molecule has 0 saturated heterocycles. The molecule has 1 aliphatic rings. The fourth-order valence-corrected chi connectivity index (χ4v) is 2.28. The van der Waals surface area contributed by atoms with Crippen LogP contribution in [0.15, 0.2) is 0 Å². The van der Waals surface area contributed by atoms with Gasteiger partial charge in [-0.2, -0.15) is 0 Å². The Hall–Kier alpha value is -0.0400. The molecular formula is C15H32O. The minimum absolute atomic E-state index is 0.0336. The number of rotatable bonds is 2. The van der Waals surface area contributed by atoms with Gasteiger partial charge in [-0.25, -0.2) is 0 Å². The highest BCUT2D eigenvalue weighted by Crippen LogP contribution is 2.34. The molecule has 1 nitrogen and oxygen atoms in total. The Bertz CT molecular complexity index is 169. The van der Waals surface area contributed by atoms with Crippen molar-refractivity contribution in [1.82, 2.24) is 0 Å². The first-order valence-corrected chi connectivity index (χ1v) is 7.06. The zero-order chi connectivity index (χ0) is 12.8. The molecular weight excluding hydrogens is 196 g/mol. The van der Waals surface area contributed by atoms with Gasteiger partial charge in [-0.3, -0.25) is 0 Å². The van der Waals surface area contributed by atoms with Crippen LogP contribution in [0.2, 0.25) is 0 Å². The summed E-state index contributed by atoms with van der Waals surface area (Å²) in [6.45, 7) is 13.1. The Balaban J connectivity index is 0.00000106. The van der Waals surface area contributed by atoms with Gasteiger partial charge >= 0.3 is 0 Å². The van der Waals surface area contributed by atoms with Crippen LogP contribution in [0.4, 0.5) is 0 Å². The third-order valence-corrected chi connectivity index (χ3v) is 3.56. The lowest BCUT2D eigenvalue weighted by Gasteiger charge is -2.32. The Kier molecular flexibility index (Phi) is 7.30. The molecule has 1 fully saturated rings. The van der Waals surface area contributed by atoms with Gasteiger partial charge < -0.3 is 5.11 Å². The first-order chi connectivity index (χ1) is 7.38. The van der Waals surface area contributed by atoms with E-state index in [4.69, 9.17) is 0 Å². The summed E-state index contributed by atoms with van der Waals surface area (Å²) >= 11 is 0. The van der Waals surface area contributed by atoms with Crippen LogP contribution in [0.3, 0.4) is 0 Å². The zero-order valence-corrected chi connectivity index (χ0v) is 12.2. The molecule has 0 bridgehead atoms. The molecule has 0 radical (unpaired) electrons. The smallest absolute Gasteiger partial charge is 0.0568 e. The summed E-state index contributed by atoms with van der Waals surface area (Å²) in [7, 11) is 0. The van der Waals surface area contributed by atoms with Crippen LogP contribution in [0.5, 0.6) is 0 Å². The Labute approximate surface area is 103 Å². The Morgan fingerprint density at radius 3 is 2.12 bits per heavy atom. The van der Waals surface area contributed by atoms with Crippen LogP contribution in [-0.2, 0) is 0 Å². The molecule has 1 rings (SSSR count). The summed E-state index contributed by atoms with van der Waals surface area (Å²) in [5.41, 5.74) is 0.452. The third-order valence-electron chi connectivity index (χ3n) is 3.56. The maximum Gasteiger partial charge on any atom is 0.0568 e. The van der Waals surface area contributed by atoms with Crippen molar-refractivity contribution < 1.29 is 5.11 Å². The average Bonchev–Trinajstić information content (AvgIpc) is 2.22. The molecule has 1 heteroatoms. The molecule has 0 aromatic heterocycles. The summed E-state index contributed by atoms with van der Waals surface area (Å²) < 4.78 is 0. The van der Waals surface area contributed by atoms with Crippen molar-refractivity contribution in [2.75, 3.05) is 0 Å². The van der Waals surface area contributed by atoms with E-state index in [1.54, 1.807) is 0 Å². The van der Waals surface area contributed by atoms with Crippen molar-refractivity contribution in [3.63, 3.8) is 0 Å². The standard InChI is InChI=1S/C13H26O.C2H6/c1-10-5-6-11(9-12(10)14)7-8-13(2,3)4;1-2/h10-12,14H,5-9H2,1-4H3;1-2H3. The van der Waals surface area contributed by atoms with Gasteiger partial charge in [0.2, 0.25) is 0 Å². The first-order valence-electron chi connectivity index (χ1n) is 7.06. The molecule has 1 aliphatic carbocycles. The maximum absolute atomic E-state index is 9.78. The molecule has 0 heterocycles. The van der Waals surface area contributed by atoms with Gasteiger partial charge in [0.15, 0.2) is 0 Å². The van der Waals surface area contributed by atoms with E-state index >= 15 is 0 Å². The SMILES string of the molecule is CC.CC1CCC(CCC(C)(C)C)CC1O. The molecule has 0 aliphatic heterocycles. The fourth-order valence-electron chi connectivity index (χ4n) is 2.28. The van der Waals surface area contributed by atoms with Crippen molar-refractivity contribution >= 4 is 0 Å². The van der Waals surface area contributed by atoms with E-state index in [-0.39, 0.29) is 6.10 Å². The molecule has 98 valence electrons. The lowest BCUT2D eigenvalue weighted by Crippen LogP contribution is -2.27. The van der Waals surface area contributed by atoms with E-state index in [1.165, 1.54) is 25.7 Å². The van der Waals surface area contributed by atoms with Gasteiger partial charge in [0.1, 0.15) is 0 Å². The predicted octanol–water partition coefficient (Wildman–Crippen LogP) is 4.64. The molecule has 3 atom stereocenters. The maximum atomic E-state index is 9.78. The zero-order valence-electron chi connectivity index (χ0n) is 12.2. The molecule has 16 heavy (non-hydrogen) atoms. The van der Waals surface area contributed by atoms with E-state index in [2.05, 4.69) is 27.7 Å². The van der Waals surface area contributed by atoms with Crippen LogP contribution in [0.25, 0.3) is 0 Å². The monoisotopic (exact) mass is 228 g/mol. The molecule has 0 aromatic rings. The fraction of sp³-hybridized carbons (Fsp3) is 1.00. The van der Waals surface area contributed by atoms with Crippen LogP contribution in [0, 0.1) is 17.3 Å². The second-order valence-corrected chi connectivity index (χ2v) is 6.32. The van der Waals surface area contributed by atoms with Gasteiger partial charge in [-0.15, -0.1) is 0 Å². The van der Waals surface area contributed by atoms with Gasteiger partial charge in [-0.1, -0.05) is 48.0 Å². The van der Waals surface area contributed by atoms with Gasteiger partial charge in [0.05, 0.1) is 6.10 Å². The van der Waals surface area contributed by atoms with Crippen molar-refractivity contribution in [3.05, 3.63) is 0 Å². The van der Waals surface area contributed by atoms with Crippen molar-refractivity contribution in [1.29, 1.82) is 0 Å². The van der Waals surface area contributed by atoms with Gasteiger partial charge in [0.25, 0.3) is 0 Å². The molecule has 3 unspecified atom stereocenters. The molecule has 0 aromatic carbocycles. The Morgan fingerprint density at radius 1 is 1.12 bits per heavy atom. The average molecular weight is 228 g/mol. The summed E-state index contributed by atoms with van der Waals surface area (Å²) in [5, 5.41) is 9.78. The van der Waals surface area contributed by atoms with Gasteiger partial charge in [-0.05, 0) is 42.9 Å². The minimum Gasteiger partial charge on any atom is -0.393 e. The largest absolute Gasteiger partial charge is 0.393 e. The lowest BCUT2D eigenvalue weighted by molar-refractivity contribution is 0.0481. The van der Waals surface area contributed by atoms with E-state index in [0.29, 0.717) is 11.3 Å². The molecule has 0 spiro atoms. The topological polar surface area (TPSA) is 20.2 Å². The first kappa shape index (κ1) is 16.0. The summed E-state index contributed by atoms with van der Waals surface area (Å²) in [6, 6.07) is 0. The quantitative estimate of drug-likeness (QED) is 0.730. The summed E-state index contributed by atoms with van der Waals surface area (Å²) in [5.74, 6) is 1.31. The highest BCUT2D eigenvalue weighted by Gasteiger charge is 2.26. The number of aliphatic hydroxyl groups excluding tert-OH is 1. The second kappa shape index (κ2) is 7.32. The number of hydrogen-bond donors (Lipinski definition) is 1. The van der Waals surface area contributed by atoms with E-state index < -0.39 is 0 Å². The van der Waals surface area contributed by atoms with Crippen LogP contribution >= 0.6 is 0 Å². The van der Waals surface area contributed by atoms with Crippen LogP contribution in [-0.4, -0.2) is 11.2 Å². The van der Waals surface area contributed by atoms with E-state index in [0.717, 1.165) is 12.3 Å². The highest BCUT2D eigenvalue weighted by atomic mass is 16.3. The molecule has 1 saturated carbocycles. The predicted molar refractivity (Wildman–Crippen MR) is 72.5 cm³/mol. The van der Waals surface area contributed by atoms with Crippen molar-refractivity contribution in [2.45, 2.75) is 79.8 Å². The lowest BCUT2D eigenvalue weighted by atomic mass is 9.76.